The van der Waals surface area contributed by atoms with Crippen molar-refractivity contribution in [3.63, 3.8) is 0 Å². The fraction of sp³-hybridized carbons (Fsp3) is 0.250. The van der Waals surface area contributed by atoms with Crippen LogP contribution >= 0.6 is 0 Å². The highest BCUT2D eigenvalue weighted by atomic mass is 19.1. The van der Waals surface area contributed by atoms with Crippen LogP contribution in [0, 0.1) is 5.82 Å². The van der Waals surface area contributed by atoms with Crippen LogP contribution in [0.1, 0.15) is 19.8 Å². The van der Waals surface area contributed by atoms with E-state index in [1.165, 1.54) is 6.07 Å². The molecule has 0 aliphatic carbocycles. The predicted octanol–water partition coefficient (Wildman–Crippen LogP) is 4.35. The molecule has 0 aliphatic heterocycles. The van der Waals surface area contributed by atoms with E-state index in [1.807, 2.05) is 35.2 Å². The molecule has 0 spiro atoms. The largest absolute Gasteiger partial charge is 0.399 e. The van der Waals surface area contributed by atoms with Crippen molar-refractivity contribution in [1.29, 1.82) is 0 Å². The molecule has 3 heteroatoms. The second kappa shape index (κ2) is 6.23. The highest BCUT2D eigenvalue weighted by Crippen LogP contribution is 2.29. The molecule has 0 saturated carbocycles. The third kappa shape index (κ3) is 3.25. The fourth-order valence-corrected chi connectivity index (χ4v) is 2.05. The highest BCUT2D eigenvalue weighted by Gasteiger charge is 2.13. The van der Waals surface area contributed by atoms with E-state index in [0.717, 1.165) is 25.1 Å². The third-order valence-corrected chi connectivity index (χ3v) is 3.07. The smallest absolute Gasteiger partial charge is 0.148 e. The molecule has 0 amide bonds. The van der Waals surface area contributed by atoms with Crippen LogP contribution in [-0.4, -0.2) is 6.54 Å². The van der Waals surface area contributed by atoms with Crippen molar-refractivity contribution in [2.45, 2.75) is 19.8 Å². The van der Waals surface area contributed by atoms with E-state index in [9.17, 15) is 4.39 Å². The lowest BCUT2D eigenvalue weighted by Gasteiger charge is -2.25. The van der Waals surface area contributed by atoms with Crippen LogP contribution in [0.15, 0.2) is 48.5 Å². The molecule has 0 radical (unpaired) electrons. The standard InChI is InChI=1S/C16H19FN2/c1-2-3-11-19(14-7-5-4-6-8-14)16-10-9-13(18)12-15(16)17/h4-10,12H,2-3,11,18H2,1H3. The molecule has 0 bridgehead atoms. The topological polar surface area (TPSA) is 29.3 Å². The van der Waals surface area contributed by atoms with Crippen LogP contribution in [0.2, 0.25) is 0 Å². The lowest BCUT2D eigenvalue weighted by Crippen LogP contribution is -2.19. The summed E-state index contributed by atoms with van der Waals surface area (Å²) in [7, 11) is 0. The Morgan fingerprint density at radius 1 is 1.11 bits per heavy atom. The number of para-hydroxylation sites is 1. The molecule has 0 fully saturated rings. The molecule has 100 valence electrons. The van der Waals surface area contributed by atoms with E-state index in [1.54, 1.807) is 12.1 Å². The number of nitrogens with two attached hydrogens (primary N) is 1. The molecule has 2 aromatic carbocycles. The SMILES string of the molecule is CCCCN(c1ccccc1)c1ccc(N)cc1F. The van der Waals surface area contributed by atoms with Crippen LogP contribution < -0.4 is 10.6 Å². The first kappa shape index (κ1) is 13.4. The first-order valence-electron chi connectivity index (χ1n) is 6.60. The van der Waals surface area contributed by atoms with Crippen molar-refractivity contribution >= 4 is 17.1 Å². The van der Waals surface area contributed by atoms with E-state index in [0.29, 0.717) is 11.4 Å². The molecule has 0 aromatic heterocycles. The predicted molar refractivity (Wildman–Crippen MR) is 79.2 cm³/mol. The minimum atomic E-state index is -0.278. The quantitative estimate of drug-likeness (QED) is 0.808. The number of rotatable bonds is 5. The van der Waals surface area contributed by atoms with Gasteiger partial charge in [-0.3, -0.25) is 0 Å². The van der Waals surface area contributed by atoms with E-state index in [2.05, 4.69) is 6.92 Å². The summed E-state index contributed by atoms with van der Waals surface area (Å²) in [5, 5.41) is 0. The monoisotopic (exact) mass is 258 g/mol. The lowest BCUT2D eigenvalue weighted by atomic mass is 10.2. The number of hydrogen-bond donors (Lipinski definition) is 1. The summed E-state index contributed by atoms with van der Waals surface area (Å²) in [4.78, 5) is 2.00. The molecule has 19 heavy (non-hydrogen) atoms. The van der Waals surface area contributed by atoms with Gasteiger partial charge >= 0.3 is 0 Å². The van der Waals surface area contributed by atoms with Crippen molar-refractivity contribution in [2.75, 3.05) is 17.2 Å². The van der Waals surface area contributed by atoms with Crippen molar-refractivity contribution in [1.82, 2.24) is 0 Å². The number of halogens is 1. The zero-order valence-electron chi connectivity index (χ0n) is 11.1. The number of nitrogen functional groups attached to an aromatic ring is 1. The molecule has 2 aromatic rings. The molecule has 2 N–H and O–H groups in total. The number of hydrogen-bond acceptors (Lipinski definition) is 2. The van der Waals surface area contributed by atoms with Gasteiger partial charge in [0, 0.05) is 17.9 Å². The molecule has 0 heterocycles. The first-order valence-corrected chi connectivity index (χ1v) is 6.60. The Labute approximate surface area is 113 Å². The second-order valence-electron chi connectivity index (χ2n) is 4.55. The molecule has 2 rings (SSSR count). The van der Waals surface area contributed by atoms with E-state index in [-0.39, 0.29) is 5.82 Å². The Balaban J connectivity index is 2.37. The summed E-state index contributed by atoms with van der Waals surface area (Å²) < 4.78 is 14.1. The van der Waals surface area contributed by atoms with Crippen LogP contribution in [0.25, 0.3) is 0 Å². The molecule has 0 atom stereocenters. The van der Waals surface area contributed by atoms with Gasteiger partial charge in [-0.1, -0.05) is 31.5 Å². The number of nitrogens with zero attached hydrogens (tertiary/aromatic N) is 1. The third-order valence-electron chi connectivity index (χ3n) is 3.07. The Morgan fingerprint density at radius 3 is 2.47 bits per heavy atom. The van der Waals surface area contributed by atoms with Crippen LogP contribution in [0.4, 0.5) is 21.5 Å². The van der Waals surface area contributed by atoms with Gasteiger partial charge in [-0.2, -0.15) is 0 Å². The Morgan fingerprint density at radius 2 is 1.84 bits per heavy atom. The highest BCUT2D eigenvalue weighted by molar-refractivity contribution is 5.65. The van der Waals surface area contributed by atoms with Gasteiger partial charge in [0.15, 0.2) is 0 Å². The average molecular weight is 258 g/mol. The summed E-state index contributed by atoms with van der Waals surface area (Å²) in [5.74, 6) is -0.278. The molecular weight excluding hydrogens is 239 g/mol. The minimum absolute atomic E-state index is 0.278. The number of unbranched alkanes of at least 4 members (excludes halogenated alkanes) is 1. The van der Waals surface area contributed by atoms with E-state index in [4.69, 9.17) is 5.73 Å². The molecule has 0 saturated heterocycles. The van der Waals surface area contributed by atoms with Gasteiger partial charge in [0.2, 0.25) is 0 Å². The Bertz CT molecular complexity index is 526. The van der Waals surface area contributed by atoms with Gasteiger partial charge in [0.25, 0.3) is 0 Å². The maximum absolute atomic E-state index is 14.1. The van der Waals surface area contributed by atoms with Gasteiger partial charge in [-0.25, -0.2) is 4.39 Å². The van der Waals surface area contributed by atoms with Gasteiger partial charge in [0.1, 0.15) is 5.82 Å². The van der Waals surface area contributed by atoms with E-state index >= 15 is 0 Å². The van der Waals surface area contributed by atoms with Gasteiger partial charge < -0.3 is 10.6 Å². The lowest BCUT2D eigenvalue weighted by molar-refractivity contribution is 0.623. The minimum Gasteiger partial charge on any atom is -0.399 e. The summed E-state index contributed by atoms with van der Waals surface area (Å²) in [6.07, 6.45) is 2.08. The van der Waals surface area contributed by atoms with Crippen LogP contribution in [-0.2, 0) is 0 Å². The van der Waals surface area contributed by atoms with E-state index < -0.39 is 0 Å². The Hall–Kier alpha value is -2.03. The van der Waals surface area contributed by atoms with Crippen molar-refractivity contribution in [3.8, 4) is 0 Å². The summed E-state index contributed by atoms with van der Waals surface area (Å²) in [6.45, 7) is 2.92. The summed E-state index contributed by atoms with van der Waals surface area (Å²) >= 11 is 0. The first-order chi connectivity index (χ1) is 9.22. The zero-order valence-corrected chi connectivity index (χ0v) is 11.1. The Kier molecular flexibility index (Phi) is 4.39. The number of benzene rings is 2. The van der Waals surface area contributed by atoms with Crippen molar-refractivity contribution < 1.29 is 4.39 Å². The molecule has 0 unspecified atom stereocenters. The van der Waals surface area contributed by atoms with Crippen molar-refractivity contribution in [3.05, 3.63) is 54.3 Å². The zero-order chi connectivity index (χ0) is 13.7. The van der Waals surface area contributed by atoms with Gasteiger partial charge in [-0.05, 0) is 36.8 Å². The average Bonchev–Trinajstić information content (AvgIpc) is 2.42. The van der Waals surface area contributed by atoms with Crippen LogP contribution in [0.3, 0.4) is 0 Å². The molecule has 2 nitrogen and oxygen atoms in total. The van der Waals surface area contributed by atoms with Crippen molar-refractivity contribution in [2.24, 2.45) is 0 Å². The van der Waals surface area contributed by atoms with Gasteiger partial charge in [0.05, 0.1) is 5.69 Å². The number of anilines is 3. The molecular formula is C16H19FN2. The maximum Gasteiger partial charge on any atom is 0.148 e. The fourth-order valence-electron chi connectivity index (χ4n) is 2.05. The summed E-state index contributed by atoms with van der Waals surface area (Å²) in [5.41, 5.74) is 7.63. The normalized spacial score (nSPS) is 10.4. The molecule has 0 aliphatic rings. The van der Waals surface area contributed by atoms with Crippen LogP contribution in [0.5, 0.6) is 0 Å². The second-order valence-corrected chi connectivity index (χ2v) is 4.55. The summed E-state index contributed by atoms with van der Waals surface area (Å²) in [6, 6.07) is 14.7. The van der Waals surface area contributed by atoms with Gasteiger partial charge in [-0.15, -0.1) is 0 Å². The maximum atomic E-state index is 14.1.